The maximum atomic E-state index is 4.30. The Morgan fingerprint density at radius 3 is 2.53 bits per heavy atom. The van der Waals surface area contributed by atoms with Crippen molar-refractivity contribution in [3.05, 3.63) is 53.9 Å². The van der Waals surface area contributed by atoms with Crippen molar-refractivity contribution in [3.8, 4) is 0 Å². The number of hydrogen-bond acceptors (Lipinski definition) is 2. The fourth-order valence-corrected chi connectivity index (χ4v) is 2.48. The third-order valence-electron chi connectivity index (χ3n) is 3.62. The van der Waals surface area contributed by atoms with Crippen LogP contribution in [0.2, 0.25) is 0 Å². The maximum absolute atomic E-state index is 4.30. The van der Waals surface area contributed by atoms with Crippen molar-refractivity contribution >= 4 is 0 Å². The monoisotopic (exact) mass is 257 g/mol. The summed E-state index contributed by atoms with van der Waals surface area (Å²) in [6.45, 7) is 5.49. The van der Waals surface area contributed by atoms with E-state index in [9.17, 15) is 0 Å². The topological polar surface area (TPSA) is 29.9 Å². The molecule has 1 N–H and O–H groups in total. The van der Waals surface area contributed by atoms with Gasteiger partial charge in [-0.3, -0.25) is 4.68 Å². The molecule has 1 heterocycles. The van der Waals surface area contributed by atoms with Gasteiger partial charge in [0, 0.05) is 19.2 Å². The van der Waals surface area contributed by atoms with Gasteiger partial charge in [0.25, 0.3) is 0 Å². The molecule has 0 amide bonds. The van der Waals surface area contributed by atoms with Gasteiger partial charge >= 0.3 is 0 Å². The molecule has 2 atom stereocenters. The number of rotatable bonds is 6. The summed E-state index contributed by atoms with van der Waals surface area (Å²) in [7, 11) is 2.01. The predicted molar refractivity (Wildman–Crippen MR) is 79.1 cm³/mol. The van der Waals surface area contributed by atoms with Crippen molar-refractivity contribution in [2.24, 2.45) is 7.05 Å². The molecule has 0 fully saturated rings. The minimum Gasteiger partial charge on any atom is -0.308 e. The van der Waals surface area contributed by atoms with Crippen molar-refractivity contribution in [1.29, 1.82) is 0 Å². The summed E-state index contributed by atoms with van der Waals surface area (Å²) in [5.41, 5.74) is 2.60. The standard InChI is InChI=1S/C16H23N3/c1-4-11-17-16(15-10-12-18-19(15)3)13(2)14-8-6-5-7-9-14/h5-10,12-13,16-17H,4,11H2,1-3H3. The van der Waals surface area contributed by atoms with Crippen LogP contribution in [0.1, 0.15) is 43.5 Å². The van der Waals surface area contributed by atoms with E-state index >= 15 is 0 Å². The molecule has 102 valence electrons. The van der Waals surface area contributed by atoms with Crippen LogP contribution >= 0.6 is 0 Å². The molecule has 0 aliphatic heterocycles. The SMILES string of the molecule is CCCNC(c1ccnn1C)C(C)c1ccccc1. The first-order valence-electron chi connectivity index (χ1n) is 7.00. The van der Waals surface area contributed by atoms with Gasteiger partial charge < -0.3 is 5.32 Å². The van der Waals surface area contributed by atoms with Crippen molar-refractivity contribution < 1.29 is 0 Å². The van der Waals surface area contributed by atoms with E-state index < -0.39 is 0 Å². The number of nitrogens with one attached hydrogen (secondary N) is 1. The molecule has 1 aromatic heterocycles. The molecular weight excluding hydrogens is 234 g/mol. The van der Waals surface area contributed by atoms with Gasteiger partial charge in [0.15, 0.2) is 0 Å². The first kappa shape index (κ1) is 13.8. The van der Waals surface area contributed by atoms with Gasteiger partial charge in [0.1, 0.15) is 0 Å². The third-order valence-corrected chi connectivity index (χ3v) is 3.62. The molecule has 0 radical (unpaired) electrons. The first-order valence-corrected chi connectivity index (χ1v) is 7.00. The second kappa shape index (κ2) is 6.53. The lowest BCUT2D eigenvalue weighted by Gasteiger charge is -2.26. The second-order valence-corrected chi connectivity index (χ2v) is 5.01. The zero-order valence-corrected chi connectivity index (χ0v) is 12.0. The summed E-state index contributed by atoms with van der Waals surface area (Å²) in [6.07, 6.45) is 3.00. The van der Waals surface area contributed by atoms with Crippen molar-refractivity contribution in [2.75, 3.05) is 6.54 Å². The summed E-state index contributed by atoms with van der Waals surface area (Å²) in [5.74, 6) is 0.420. The molecule has 19 heavy (non-hydrogen) atoms. The summed E-state index contributed by atoms with van der Waals surface area (Å²) in [5, 5.41) is 7.95. The van der Waals surface area contributed by atoms with Gasteiger partial charge in [0.2, 0.25) is 0 Å². The van der Waals surface area contributed by atoms with Crippen molar-refractivity contribution in [2.45, 2.75) is 32.2 Å². The molecule has 0 saturated heterocycles. The zero-order chi connectivity index (χ0) is 13.7. The van der Waals surface area contributed by atoms with Gasteiger partial charge in [-0.25, -0.2) is 0 Å². The highest BCUT2D eigenvalue weighted by Crippen LogP contribution is 2.30. The quantitative estimate of drug-likeness (QED) is 0.860. The highest BCUT2D eigenvalue weighted by atomic mass is 15.3. The molecule has 0 spiro atoms. The van der Waals surface area contributed by atoms with E-state index in [4.69, 9.17) is 0 Å². The van der Waals surface area contributed by atoms with Crippen LogP contribution in [0.4, 0.5) is 0 Å². The van der Waals surface area contributed by atoms with Gasteiger partial charge in [0.05, 0.1) is 11.7 Å². The van der Waals surface area contributed by atoms with Crippen LogP contribution in [-0.2, 0) is 7.05 Å². The van der Waals surface area contributed by atoms with Crippen LogP contribution in [0.15, 0.2) is 42.6 Å². The molecule has 0 aliphatic carbocycles. The molecule has 2 rings (SSSR count). The van der Waals surface area contributed by atoms with Crippen molar-refractivity contribution in [1.82, 2.24) is 15.1 Å². The van der Waals surface area contributed by atoms with Gasteiger partial charge in [-0.1, -0.05) is 44.2 Å². The Hall–Kier alpha value is -1.61. The van der Waals surface area contributed by atoms with E-state index in [0.717, 1.165) is 13.0 Å². The molecule has 1 aromatic carbocycles. The summed E-state index contributed by atoms with van der Waals surface area (Å²) >= 11 is 0. The highest BCUT2D eigenvalue weighted by Gasteiger charge is 2.22. The van der Waals surface area contributed by atoms with E-state index in [2.05, 4.69) is 60.7 Å². The Morgan fingerprint density at radius 2 is 1.95 bits per heavy atom. The number of aromatic nitrogens is 2. The number of nitrogens with zero attached hydrogens (tertiary/aromatic N) is 2. The van der Waals surface area contributed by atoms with E-state index in [-0.39, 0.29) is 0 Å². The van der Waals surface area contributed by atoms with E-state index in [1.54, 1.807) is 0 Å². The number of hydrogen-bond donors (Lipinski definition) is 1. The van der Waals surface area contributed by atoms with Crippen LogP contribution in [-0.4, -0.2) is 16.3 Å². The van der Waals surface area contributed by atoms with Crippen LogP contribution < -0.4 is 5.32 Å². The molecule has 0 bridgehead atoms. The molecule has 2 aromatic rings. The fourth-order valence-electron chi connectivity index (χ4n) is 2.48. The molecular formula is C16H23N3. The van der Waals surface area contributed by atoms with Crippen LogP contribution in [0.3, 0.4) is 0 Å². The molecule has 3 heteroatoms. The number of aryl methyl sites for hydroxylation is 1. The maximum Gasteiger partial charge on any atom is 0.0558 e. The average molecular weight is 257 g/mol. The summed E-state index contributed by atoms with van der Waals surface area (Å²) in [6, 6.07) is 13.1. The summed E-state index contributed by atoms with van der Waals surface area (Å²) < 4.78 is 1.97. The normalized spacial score (nSPS) is 14.3. The minimum atomic E-state index is 0.301. The van der Waals surface area contributed by atoms with E-state index in [1.807, 2.05) is 17.9 Å². The average Bonchev–Trinajstić information content (AvgIpc) is 2.86. The second-order valence-electron chi connectivity index (χ2n) is 5.01. The van der Waals surface area contributed by atoms with Crippen LogP contribution in [0, 0.1) is 0 Å². The first-order chi connectivity index (χ1) is 9.24. The van der Waals surface area contributed by atoms with Gasteiger partial charge in [-0.15, -0.1) is 0 Å². The molecule has 2 unspecified atom stereocenters. The van der Waals surface area contributed by atoms with Gasteiger partial charge in [-0.05, 0) is 24.6 Å². The lowest BCUT2D eigenvalue weighted by atomic mass is 9.91. The largest absolute Gasteiger partial charge is 0.308 e. The lowest BCUT2D eigenvalue weighted by molar-refractivity contribution is 0.439. The summed E-state index contributed by atoms with van der Waals surface area (Å²) in [4.78, 5) is 0. The molecule has 3 nitrogen and oxygen atoms in total. The molecule has 0 aliphatic rings. The Labute approximate surface area is 115 Å². The van der Waals surface area contributed by atoms with Gasteiger partial charge in [-0.2, -0.15) is 5.10 Å². The Morgan fingerprint density at radius 1 is 1.21 bits per heavy atom. The Kier molecular flexibility index (Phi) is 4.74. The van der Waals surface area contributed by atoms with E-state index in [1.165, 1.54) is 11.3 Å². The van der Waals surface area contributed by atoms with Crippen LogP contribution in [0.5, 0.6) is 0 Å². The van der Waals surface area contributed by atoms with Crippen LogP contribution in [0.25, 0.3) is 0 Å². The molecule has 0 saturated carbocycles. The van der Waals surface area contributed by atoms with E-state index in [0.29, 0.717) is 12.0 Å². The highest BCUT2D eigenvalue weighted by molar-refractivity contribution is 5.24. The zero-order valence-electron chi connectivity index (χ0n) is 12.0. The third kappa shape index (κ3) is 3.24. The fraction of sp³-hybridized carbons (Fsp3) is 0.438. The van der Waals surface area contributed by atoms with Crippen molar-refractivity contribution in [3.63, 3.8) is 0 Å². The minimum absolute atomic E-state index is 0.301. The Balaban J connectivity index is 2.25. The Bertz CT molecular complexity index is 490. The predicted octanol–water partition coefficient (Wildman–Crippen LogP) is 3.26. The smallest absolute Gasteiger partial charge is 0.0558 e. The lowest BCUT2D eigenvalue weighted by Crippen LogP contribution is -2.28. The number of benzene rings is 1.